The lowest BCUT2D eigenvalue weighted by molar-refractivity contribution is 0.0995. The molecular formula is C17H19NO4. The SMILES string of the molecule is CCOc1cc2c(cc1NC(=O)c1ccc(C)o1)OC(C)C2. The molecule has 5 nitrogen and oxygen atoms in total. The highest BCUT2D eigenvalue weighted by molar-refractivity contribution is 6.03. The van der Waals surface area contributed by atoms with Gasteiger partial charge >= 0.3 is 0 Å². The van der Waals surface area contributed by atoms with Crippen molar-refractivity contribution in [1.82, 2.24) is 0 Å². The van der Waals surface area contributed by atoms with Gasteiger partial charge in [0.15, 0.2) is 5.76 Å². The Bertz CT molecular complexity index is 705. The fraction of sp³-hybridized carbons (Fsp3) is 0.353. The zero-order chi connectivity index (χ0) is 15.7. The molecule has 116 valence electrons. The summed E-state index contributed by atoms with van der Waals surface area (Å²) < 4.78 is 16.7. The Morgan fingerprint density at radius 1 is 1.41 bits per heavy atom. The lowest BCUT2D eigenvalue weighted by atomic mass is 10.1. The fourth-order valence-corrected chi connectivity index (χ4v) is 2.55. The van der Waals surface area contributed by atoms with Crippen LogP contribution in [0.1, 0.15) is 35.7 Å². The standard InChI is InChI=1S/C17H19NO4/c1-4-20-16-8-12-7-11(3)22-15(12)9-13(16)18-17(19)14-6-5-10(2)21-14/h5-6,8-9,11H,4,7H2,1-3H3,(H,18,19). The summed E-state index contributed by atoms with van der Waals surface area (Å²) in [6, 6.07) is 7.16. The molecule has 2 heterocycles. The van der Waals surface area contributed by atoms with Gasteiger partial charge in [-0.2, -0.15) is 0 Å². The van der Waals surface area contributed by atoms with Crippen LogP contribution in [-0.2, 0) is 6.42 Å². The maximum absolute atomic E-state index is 12.2. The number of ether oxygens (including phenoxy) is 2. The summed E-state index contributed by atoms with van der Waals surface area (Å²) in [5.74, 6) is 2.11. The number of hydrogen-bond acceptors (Lipinski definition) is 4. The normalized spacial score (nSPS) is 16.0. The molecule has 1 aromatic heterocycles. The van der Waals surface area contributed by atoms with E-state index in [9.17, 15) is 4.79 Å². The molecule has 0 radical (unpaired) electrons. The highest BCUT2D eigenvalue weighted by Crippen LogP contribution is 2.38. The maximum atomic E-state index is 12.2. The molecule has 0 saturated carbocycles. The molecule has 5 heteroatoms. The van der Waals surface area contributed by atoms with Crippen molar-refractivity contribution in [2.45, 2.75) is 33.3 Å². The largest absolute Gasteiger partial charge is 0.492 e. The van der Waals surface area contributed by atoms with Gasteiger partial charge in [0.05, 0.1) is 12.3 Å². The average Bonchev–Trinajstić information content (AvgIpc) is 3.04. The molecule has 0 bridgehead atoms. The first-order valence-corrected chi connectivity index (χ1v) is 7.41. The molecule has 1 aliphatic rings. The fourth-order valence-electron chi connectivity index (χ4n) is 2.55. The summed E-state index contributed by atoms with van der Waals surface area (Å²) in [6.07, 6.45) is 0.990. The Morgan fingerprint density at radius 3 is 2.91 bits per heavy atom. The van der Waals surface area contributed by atoms with Crippen LogP contribution in [0.25, 0.3) is 0 Å². The van der Waals surface area contributed by atoms with E-state index in [1.54, 1.807) is 19.1 Å². The maximum Gasteiger partial charge on any atom is 0.291 e. The Morgan fingerprint density at radius 2 is 2.23 bits per heavy atom. The number of carbonyl (C=O) groups excluding carboxylic acids is 1. The number of fused-ring (bicyclic) bond motifs is 1. The third kappa shape index (κ3) is 2.79. The second-order valence-corrected chi connectivity index (χ2v) is 5.39. The summed E-state index contributed by atoms with van der Waals surface area (Å²) in [6.45, 7) is 6.25. The summed E-state index contributed by atoms with van der Waals surface area (Å²) >= 11 is 0. The Hall–Kier alpha value is -2.43. The van der Waals surface area contributed by atoms with Crippen molar-refractivity contribution < 1.29 is 18.7 Å². The molecular weight excluding hydrogens is 282 g/mol. The number of anilines is 1. The van der Waals surface area contributed by atoms with E-state index in [0.29, 0.717) is 23.8 Å². The predicted octanol–water partition coefficient (Wildman–Crippen LogP) is 3.56. The van der Waals surface area contributed by atoms with Crippen LogP contribution in [0.15, 0.2) is 28.7 Å². The quantitative estimate of drug-likeness (QED) is 0.938. The lowest BCUT2D eigenvalue weighted by Gasteiger charge is -2.13. The number of carbonyl (C=O) groups is 1. The monoisotopic (exact) mass is 301 g/mol. The third-order valence-electron chi connectivity index (χ3n) is 3.51. The number of amides is 1. The van der Waals surface area contributed by atoms with Gasteiger partial charge in [0.2, 0.25) is 0 Å². The van der Waals surface area contributed by atoms with Crippen molar-refractivity contribution in [2.24, 2.45) is 0 Å². The molecule has 1 atom stereocenters. The van der Waals surface area contributed by atoms with Gasteiger partial charge in [-0.15, -0.1) is 0 Å². The van der Waals surface area contributed by atoms with Crippen LogP contribution in [0.2, 0.25) is 0 Å². The van der Waals surface area contributed by atoms with Gasteiger partial charge in [0, 0.05) is 18.1 Å². The Kier molecular flexibility index (Phi) is 3.79. The van der Waals surface area contributed by atoms with E-state index in [2.05, 4.69) is 5.32 Å². The zero-order valence-corrected chi connectivity index (χ0v) is 12.9. The van der Waals surface area contributed by atoms with Gasteiger partial charge < -0.3 is 19.2 Å². The van der Waals surface area contributed by atoms with Gasteiger partial charge in [-0.1, -0.05) is 0 Å². The Labute approximate surface area is 129 Å². The molecule has 22 heavy (non-hydrogen) atoms. The van der Waals surface area contributed by atoms with E-state index in [4.69, 9.17) is 13.9 Å². The first-order valence-electron chi connectivity index (χ1n) is 7.41. The highest BCUT2D eigenvalue weighted by atomic mass is 16.5. The average molecular weight is 301 g/mol. The summed E-state index contributed by atoms with van der Waals surface area (Å²) in [7, 11) is 0. The molecule has 1 amide bonds. The van der Waals surface area contributed by atoms with Crippen LogP contribution < -0.4 is 14.8 Å². The van der Waals surface area contributed by atoms with Crippen LogP contribution in [0.3, 0.4) is 0 Å². The van der Waals surface area contributed by atoms with Crippen molar-refractivity contribution in [3.63, 3.8) is 0 Å². The molecule has 3 rings (SSSR count). The summed E-state index contributed by atoms with van der Waals surface area (Å²) in [5, 5.41) is 2.83. The number of rotatable bonds is 4. The molecule has 1 unspecified atom stereocenters. The molecule has 0 fully saturated rings. The topological polar surface area (TPSA) is 60.7 Å². The van der Waals surface area contributed by atoms with Crippen LogP contribution in [0, 0.1) is 6.92 Å². The number of benzene rings is 1. The van der Waals surface area contributed by atoms with Crippen LogP contribution >= 0.6 is 0 Å². The van der Waals surface area contributed by atoms with Crippen molar-refractivity contribution in [3.8, 4) is 11.5 Å². The van der Waals surface area contributed by atoms with Crippen LogP contribution in [0.4, 0.5) is 5.69 Å². The van der Waals surface area contributed by atoms with Gasteiger partial charge in [-0.3, -0.25) is 4.79 Å². The number of nitrogens with one attached hydrogen (secondary N) is 1. The van der Waals surface area contributed by atoms with E-state index in [0.717, 1.165) is 17.7 Å². The first-order chi connectivity index (χ1) is 10.6. The molecule has 2 aromatic rings. The van der Waals surface area contributed by atoms with Crippen molar-refractivity contribution >= 4 is 11.6 Å². The molecule has 0 aliphatic carbocycles. The van der Waals surface area contributed by atoms with Gasteiger partial charge in [-0.05, 0) is 39.0 Å². The smallest absolute Gasteiger partial charge is 0.291 e. The van der Waals surface area contributed by atoms with E-state index >= 15 is 0 Å². The van der Waals surface area contributed by atoms with E-state index in [1.165, 1.54) is 0 Å². The van der Waals surface area contributed by atoms with Crippen LogP contribution in [-0.4, -0.2) is 18.6 Å². The van der Waals surface area contributed by atoms with E-state index < -0.39 is 0 Å². The van der Waals surface area contributed by atoms with Crippen molar-refractivity contribution in [2.75, 3.05) is 11.9 Å². The highest BCUT2D eigenvalue weighted by Gasteiger charge is 2.23. The number of furan rings is 1. The van der Waals surface area contributed by atoms with Gasteiger partial charge in [-0.25, -0.2) is 0 Å². The summed E-state index contributed by atoms with van der Waals surface area (Å²) in [4.78, 5) is 12.2. The van der Waals surface area contributed by atoms with E-state index in [-0.39, 0.29) is 17.8 Å². The minimum Gasteiger partial charge on any atom is -0.492 e. The minimum absolute atomic E-state index is 0.142. The van der Waals surface area contributed by atoms with Crippen molar-refractivity contribution in [3.05, 3.63) is 41.3 Å². The van der Waals surface area contributed by atoms with Gasteiger partial charge in [0.1, 0.15) is 23.4 Å². The molecule has 1 aliphatic heterocycles. The second kappa shape index (κ2) is 5.75. The zero-order valence-electron chi connectivity index (χ0n) is 12.9. The molecule has 0 spiro atoms. The van der Waals surface area contributed by atoms with Crippen LogP contribution in [0.5, 0.6) is 11.5 Å². The van der Waals surface area contributed by atoms with Crippen molar-refractivity contribution in [1.29, 1.82) is 0 Å². The minimum atomic E-state index is -0.306. The molecule has 1 aromatic carbocycles. The molecule has 1 N–H and O–H groups in total. The second-order valence-electron chi connectivity index (χ2n) is 5.39. The predicted molar refractivity (Wildman–Crippen MR) is 82.8 cm³/mol. The summed E-state index contributed by atoms with van der Waals surface area (Å²) in [5.41, 5.74) is 1.69. The van der Waals surface area contributed by atoms with E-state index in [1.807, 2.05) is 26.0 Å². The third-order valence-corrected chi connectivity index (χ3v) is 3.51. The van der Waals surface area contributed by atoms with Gasteiger partial charge in [0.25, 0.3) is 5.91 Å². The molecule has 0 saturated heterocycles. The first kappa shape index (κ1) is 14.5. The Balaban J connectivity index is 1.89. The lowest BCUT2D eigenvalue weighted by Crippen LogP contribution is -2.12. The number of hydrogen-bond donors (Lipinski definition) is 1. The number of aryl methyl sites for hydroxylation is 1.